The molecule has 1 saturated heterocycles. The number of oxime groups is 1. The van der Waals surface area contributed by atoms with Gasteiger partial charge in [0.05, 0.1) is 11.8 Å². The number of rotatable bonds is 7. The summed E-state index contributed by atoms with van der Waals surface area (Å²) in [5.41, 5.74) is 1.58. The lowest BCUT2D eigenvalue weighted by atomic mass is 10.0. The highest BCUT2D eigenvalue weighted by Gasteiger charge is 2.28. The van der Waals surface area contributed by atoms with Crippen molar-refractivity contribution in [2.24, 2.45) is 5.16 Å². The van der Waals surface area contributed by atoms with Crippen LogP contribution < -0.4 is 10.6 Å². The molecule has 1 fully saturated rings. The Hall–Kier alpha value is -2.12. The average Bonchev–Trinajstić information content (AvgIpc) is 3.32. The zero-order valence-electron chi connectivity index (χ0n) is 14.4. The van der Waals surface area contributed by atoms with Gasteiger partial charge in [0.1, 0.15) is 0 Å². The van der Waals surface area contributed by atoms with Crippen LogP contribution in [0.2, 0.25) is 5.02 Å². The minimum absolute atomic E-state index is 0.105. The number of hydrogen-bond donors (Lipinski definition) is 2. The highest BCUT2D eigenvalue weighted by molar-refractivity contribution is 6.30. The number of nitrogens with one attached hydrogen (secondary N) is 2. The minimum Gasteiger partial charge on any atom is -0.382 e. The number of ether oxygens (including phenoxy) is 1. The third-order valence-electron chi connectivity index (χ3n) is 4.34. The van der Waals surface area contributed by atoms with E-state index in [2.05, 4.69) is 15.8 Å². The molecule has 1 aromatic rings. The molecular formula is C18H22ClN3O4. The molecule has 0 bridgehead atoms. The van der Waals surface area contributed by atoms with E-state index >= 15 is 0 Å². The molecule has 2 amide bonds. The van der Waals surface area contributed by atoms with Crippen LogP contribution in [0.15, 0.2) is 29.4 Å². The molecule has 2 unspecified atom stereocenters. The standard InChI is InChI=1S/C18H22ClN3O4/c19-13-5-3-12(4-6-13)15-10-16(26-22-15)18(24)20-8-7-17(23)21-11-14-2-1-9-25-14/h3-6,14,16H,1-2,7-11H2,(H,20,24)(H,21,23). The van der Waals surface area contributed by atoms with E-state index in [9.17, 15) is 9.59 Å². The zero-order chi connectivity index (χ0) is 18.4. The molecule has 140 valence electrons. The van der Waals surface area contributed by atoms with Crippen LogP contribution in [0.3, 0.4) is 0 Å². The molecule has 1 aromatic carbocycles. The van der Waals surface area contributed by atoms with Crippen LogP contribution in [0, 0.1) is 0 Å². The molecule has 0 aromatic heterocycles. The van der Waals surface area contributed by atoms with E-state index in [0.29, 0.717) is 23.7 Å². The van der Waals surface area contributed by atoms with Gasteiger partial charge >= 0.3 is 0 Å². The van der Waals surface area contributed by atoms with Gasteiger partial charge in [0.2, 0.25) is 12.0 Å². The van der Waals surface area contributed by atoms with Gasteiger partial charge in [0.25, 0.3) is 5.91 Å². The van der Waals surface area contributed by atoms with E-state index in [1.165, 1.54) is 0 Å². The molecule has 0 spiro atoms. The van der Waals surface area contributed by atoms with Crippen molar-refractivity contribution in [1.29, 1.82) is 0 Å². The molecule has 0 radical (unpaired) electrons. The molecule has 2 N–H and O–H groups in total. The summed E-state index contributed by atoms with van der Waals surface area (Å²) in [6, 6.07) is 7.20. The fourth-order valence-corrected chi connectivity index (χ4v) is 2.99. The van der Waals surface area contributed by atoms with Crippen LogP contribution in [0.25, 0.3) is 0 Å². The largest absolute Gasteiger partial charge is 0.382 e. The molecule has 2 aliphatic rings. The van der Waals surface area contributed by atoms with Gasteiger partial charge in [-0.3, -0.25) is 9.59 Å². The minimum atomic E-state index is -0.671. The Kier molecular flexibility index (Phi) is 6.46. The van der Waals surface area contributed by atoms with Crippen molar-refractivity contribution in [1.82, 2.24) is 10.6 Å². The summed E-state index contributed by atoms with van der Waals surface area (Å²) in [6.07, 6.45) is 2.07. The molecule has 8 heteroatoms. The first-order chi connectivity index (χ1) is 12.6. The van der Waals surface area contributed by atoms with Gasteiger partial charge in [-0.2, -0.15) is 0 Å². The van der Waals surface area contributed by atoms with Crippen LogP contribution in [-0.2, 0) is 19.2 Å². The predicted octanol–water partition coefficient (Wildman–Crippen LogP) is 1.63. The molecule has 7 nitrogen and oxygen atoms in total. The van der Waals surface area contributed by atoms with E-state index in [0.717, 1.165) is 25.0 Å². The molecular weight excluding hydrogens is 358 g/mol. The summed E-state index contributed by atoms with van der Waals surface area (Å²) in [5, 5.41) is 10.1. The van der Waals surface area contributed by atoms with Crippen LogP contribution >= 0.6 is 11.6 Å². The van der Waals surface area contributed by atoms with Crippen molar-refractivity contribution >= 4 is 29.1 Å². The molecule has 0 aliphatic carbocycles. The second-order valence-corrected chi connectivity index (χ2v) is 6.76. The van der Waals surface area contributed by atoms with E-state index in [1.807, 2.05) is 12.1 Å². The lowest BCUT2D eigenvalue weighted by Crippen LogP contribution is -2.38. The molecule has 2 heterocycles. The fourth-order valence-electron chi connectivity index (χ4n) is 2.87. The van der Waals surface area contributed by atoms with Crippen LogP contribution in [-0.4, -0.2) is 49.4 Å². The van der Waals surface area contributed by atoms with Crippen molar-refractivity contribution in [3.05, 3.63) is 34.9 Å². The predicted molar refractivity (Wildman–Crippen MR) is 97.1 cm³/mol. The summed E-state index contributed by atoms with van der Waals surface area (Å²) in [4.78, 5) is 29.1. The van der Waals surface area contributed by atoms with Crippen molar-refractivity contribution in [2.45, 2.75) is 37.9 Å². The smallest absolute Gasteiger partial charge is 0.264 e. The third-order valence-corrected chi connectivity index (χ3v) is 4.59. The van der Waals surface area contributed by atoms with Gasteiger partial charge in [-0.25, -0.2) is 0 Å². The van der Waals surface area contributed by atoms with Gasteiger partial charge in [-0.05, 0) is 30.5 Å². The second-order valence-electron chi connectivity index (χ2n) is 6.32. The topological polar surface area (TPSA) is 89.0 Å². The highest BCUT2D eigenvalue weighted by Crippen LogP contribution is 2.18. The Morgan fingerprint density at radius 2 is 2.04 bits per heavy atom. The Morgan fingerprint density at radius 1 is 1.23 bits per heavy atom. The Labute approximate surface area is 157 Å². The van der Waals surface area contributed by atoms with Gasteiger partial charge in [-0.1, -0.05) is 28.9 Å². The van der Waals surface area contributed by atoms with Crippen LogP contribution in [0.1, 0.15) is 31.2 Å². The number of hydrogen-bond acceptors (Lipinski definition) is 5. The van der Waals surface area contributed by atoms with Crippen molar-refractivity contribution < 1.29 is 19.2 Å². The first kappa shape index (κ1) is 18.7. The second kappa shape index (κ2) is 9.00. The summed E-state index contributed by atoms with van der Waals surface area (Å²) in [5.74, 6) is -0.379. The van der Waals surface area contributed by atoms with E-state index in [-0.39, 0.29) is 30.9 Å². The van der Waals surface area contributed by atoms with Gasteiger partial charge in [0.15, 0.2) is 0 Å². The summed E-state index contributed by atoms with van der Waals surface area (Å²) in [6.45, 7) is 1.54. The monoisotopic (exact) mass is 379 g/mol. The molecule has 3 rings (SSSR count). The number of carbonyl (C=O) groups excluding carboxylic acids is 2. The Bertz CT molecular complexity index is 672. The third kappa shape index (κ3) is 5.19. The molecule has 2 aliphatic heterocycles. The summed E-state index contributed by atoms with van der Waals surface area (Å²) in [7, 11) is 0. The number of halogens is 1. The number of benzene rings is 1. The molecule has 2 atom stereocenters. The average molecular weight is 380 g/mol. The molecule has 26 heavy (non-hydrogen) atoms. The fraction of sp³-hybridized carbons (Fsp3) is 0.500. The van der Waals surface area contributed by atoms with Crippen molar-refractivity contribution in [3.63, 3.8) is 0 Å². The summed E-state index contributed by atoms with van der Waals surface area (Å²) >= 11 is 5.86. The summed E-state index contributed by atoms with van der Waals surface area (Å²) < 4.78 is 5.45. The number of carbonyl (C=O) groups is 2. The van der Waals surface area contributed by atoms with E-state index < -0.39 is 6.10 Å². The SMILES string of the molecule is O=C(CCNC(=O)C1CC(c2ccc(Cl)cc2)=NO1)NCC1CCCO1. The van der Waals surface area contributed by atoms with E-state index in [4.69, 9.17) is 21.2 Å². The lowest BCUT2D eigenvalue weighted by molar-refractivity contribution is -0.131. The lowest BCUT2D eigenvalue weighted by Gasteiger charge is -2.12. The maximum absolute atomic E-state index is 12.1. The quantitative estimate of drug-likeness (QED) is 0.753. The first-order valence-electron chi connectivity index (χ1n) is 8.76. The number of nitrogens with zero attached hydrogens (tertiary/aromatic N) is 1. The zero-order valence-corrected chi connectivity index (χ0v) is 15.1. The Balaban J connectivity index is 1.34. The Morgan fingerprint density at radius 3 is 2.77 bits per heavy atom. The maximum atomic E-state index is 12.1. The van der Waals surface area contributed by atoms with Crippen molar-refractivity contribution in [3.8, 4) is 0 Å². The van der Waals surface area contributed by atoms with E-state index in [1.54, 1.807) is 12.1 Å². The maximum Gasteiger partial charge on any atom is 0.264 e. The normalized spacial score (nSPS) is 21.8. The van der Waals surface area contributed by atoms with Crippen LogP contribution in [0.4, 0.5) is 0 Å². The van der Waals surface area contributed by atoms with Crippen LogP contribution in [0.5, 0.6) is 0 Å². The molecule has 0 saturated carbocycles. The van der Waals surface area contributed by atoms with Gasteiger partial charge in [0, 0.05) is 37.6 Å². The van der Waals surface area contributed by atoms with Gasteiger partial charge < -0.3 is 20.2 Å². The number of amides is 2. The first-order valence-corrected chi connectivity index (χ1v) is 9.14. The highest BCUT2D eigenvalue weighted by atomic mass is 35.5. The van der Waals surface area contributed by atoms with Gasteiger partial charge in [-0.15, -0.1) is 0 Å². The van der Waals surface area contributed by atoms with Crippen molar-refractivity contribution in [2.75, 3.05) is 19.7 Å².